The van der Waals surface area contributed by atoms with Crippen LogP contribution in [0.4, 0.5) is 17.1 Å². The van der Waals surface area contributed by atoms with Gasteiger partial charge in [-0.05, 0) is 102 Å². The maximum atomic E-state index is 13.8. The number of hydrogen-bond donors (Lipinski definition) is 4. The summed E-state index contributed by atoms with van der Waals surface area (Å²) in [5.74, 6) is -0.405. The van der Waals surface area contributed by atoms with Crippen LogP contribution >= 0.6 is 11.6 Å². The van der Waals surface area contributed by atoms with Gasteiger partial charge < -0.3 is 25.8 Å². The number of H-pyrrole nitrogens is 1. The minimum atomic E-state index is -0.656. The number of aromatic amines is 1. The number of amides is 3. The van der Waals surface area contributed by atoms with Crippen LogP contribution in [0.5, 0.6) is 0 Å². The zero-order chi connectivity index (χ0) is 36.1. The Morgan fingerprint density at radius 2 is 1.86 bits per heavy atom. The summed E-state index contributed by atoms with van der Waals surface area (Å²) in [6.07, 6.45) is 5.23. The van der Waals surface area contributed by atoms with E-state index in [-0.39, 0.29) is 23.8 Å². The van der Waals surface area contributed by atoms with Crippen LogP contribution in [0.2, 0.25) is 5.02 Å². The van der Waals surface area contributed by atoms with Gasteiger partial charge in [0.25, 0.3) is 5.91 Å². The summed E-state index contributed by atoms with van der Waals surface area (Å²) in [5.41, 5.74) is 3.96. The first-order chi connectivity index (χ1) is 24.4. The van der Waals surface area contributed by atoms with Crippen molar-refractivity contribution in [2.24, 2.45) is 5.41 Å². The predicted molar refractivity (Wildman–Crippen MR) is 201 cm³/mol. The maximum absolute atomic E-state index is 13.8. The number of para-hydroxylation sites is 1. The van der Waals surface area contributed by atoms with Gasteiger partial charge >= 0.3 is 0 Å². The molecule has 3 heterocycles. The molecule has 1 aliphatic rings. The van der Waals surface area contributed by atoms with Crippen molar-refractivity contribution in [3.63, 3.8) is 0 Å². The first kappa shape index (κ1) is 35.6. The van der Waals surface area contributed by atoms with Gasteiger partial charge in [-0.25, -0.2) is 0 Å². The summed E-state index contributed by atoms with van der Waals surface area (Å²) < 4.78 is 1.76. The number of anilines is 3. The van der Waals surface area contributed by atoms with Crippen molar-refractivity contribution in [2.75, 3.05) is 44.4 Å². The van der Waals surface area contributed by atoms with Crippen LogP contribution in [0, 0.1) is 5.41 Å². The molecule has 0 radical (unpaired) electrons. The van der Waals surface area contributed by atoms with Crippen molar-refractivity contribution < 1.29 is 14.4 Å². The van der Waals surface area contributed by atoms with Crippen LogP contribution < -0.4 is 16.0 Å². The number of nitrogens with one attached hydrogen (secondary N) is 4. The lowest BCUT2D eigenvalue weighted by Gasteiger charge is -2.29. The molecule has 0 spiro atoms. The number of hydrogen-bond acceptors (Lipinski definition) is 7. The molecule has 3 amide bonds. The molecule has 13 heteroatoms. The molecular weight excluding hydrogens is 666 g/mol. The van der Waals surface area contributed by atoms with Crippen molar-refractivity contribution >= 4 is 57.3 Å². The first-order valence-electron chi connectivity index (χ1n) is 17.1. The largest absolute Gasteiger partial charge is 0.354 e. The Hall–Kier alpha value is -5.20. The summed E-state index contributed by atoms with van der Waals surface area (Å²) in [4.78, 5) is 44.1. The smallest absolute Gasteiger partial charge is 0.251 e. The average Bonchev–Trinajstić information content (AvgIpc) is 3.87. The summed E-state index contributed by atoms with van der Waals surface area (Å²) in [7, 11) is 3.94. The molecule has 5 aromatic rings. The van der Waals surface area contributed by atoms with Crippen molar-refractivity contribution in [2.45, 2.75) is 45.7 Å². The van der Waals surface area contributed by atoms with E-state index in [0.717, 1.165) is 28.8 Å². The molecule has 51 heavy (non-hydrogen) atoms. The molecule has 2 aromatic heterocycles. The number of benzene rings is 3. The van der Waals surface area contributed by atoms with Gasteiger partial charge in [0.1, 0.15) is 0 Å². The van der Waals surface area contributed by atoms with Crippen molar-refractivity contribution in [1.29, 1.82) is 0 Å². The van der Waals surface area contributed by atoms with Crippen molar-refractivity contribution in [1.82, 2.24) is 35.1 Å². The van der Waals surface area contributed by atoms with Gasteiger partial charge in [0, 0.05) is 65.8 Å². The number of likely N-dealkylation sites (tertiary alicyclic amines) is 1. The third-order valence-corrected chi connectivity index (χ3v) is 9.31. The minimum absolute atomic E-state index is 0.0200. The second-order valence-corrected chi connectivity index (χ2v) is 14.4. The molecule has 1 atom stereocenters. The molecule has 0 bridgehead atoms. The van der Waals surface area contributed by atoms with E-state index >= 15 is 0 Å². The third-order valence-electron chi connectivity index (χ3n) is 8.98. The molecular formula is C38H44ClN9O3. The average molecular weight is 710 g/mol. The van der Waals surface area contributed by atoms with Gasteiger partial charge in [0.05, 0.1) is 33.9 Å². The highest BCUT2D eigenvalue weighted by Crippen LogP contribution is 2.33. The fraction of sp³-hybridized carbons (Fsp3) is 0.342. The zero-order valence-electron chi connectivity index (χ0n) is 29.4. The Bertz CT molecular complexity index is 2020. The highest BCUT2D eigenvalue weighted by molar-refractivity contribution is 6.33. The van der Waals surface area contributed by atoms with Gasteiger partial charge in [-0.15, -0.1) is 0 Å². The maximum Gasteiger partial charge on any atom is 0.251 e. The third kappa shape index (κ3) is 8.76. The molecule has 1 saturated heterocycles. The van der Waals surface area contributed by atoms with Crippen LogP contribution in [0.15, 0.2) is 79.1 Å². The Balaban J connectivity index is 1.21. The number of aromatic nitrogens is 4. The number of halogens is 1. The number of carbonyl (C=O) groups excluding carboxylic acids is 3. The van der Waals surface area contributed by atoms with Gasteiger partial charge in [-0.3, -0.25) is 24.2 Å². The lowest BCUT2D eigenvalue weighted by Crippen LogP contribution is -2.44. The highest BCUT2D eigenvalue weighted by Gasteiger charge is 2.37. The van der Waals surface area contributed by atoms with Crippen LogP contribution in [0.3, 0.4) is 0 Å². The number of rotatable bonds is 13. The number of carbonyl (C=O) groups is 3. The van der Waals surface area contributed by atoms with Gasteiger partial charge in [0.15, 0.2) is 0 Å². The van der Waals surface area contributed by atoms with E-state index in [4.69, 9.17) is 11.6 Å². The highest BCUT2D eigenvalue weighted by atomic mass is 35.5. The van der Waals surface area contributed by atoms with E-state index in [2.05, 4.69) is 31.2 Å². The van der Waals surface area contributed by atoms with Crippen LogP contribution in [-0.4, -0.2) is 87.3 Å². The Labute approximate surface area is 302 Å². The van der Waals surface area contributed by atoms with E-state index in [1.165, 1.54) is 0 Å². The monoisotopic (exact) mass is 709 g/mol. The summed E-state index contributed by atoms with van der Waals surface area (Å²) in [6, 6.07) is 20.3. The van der Waals surface area contributed by atoms with E-state index < -0.39 is 5.41 Å². The molecule has 6 rings (SSSR count). The Morgan fingerprint density at radius 3 is 2.63 bits per heavy atom. The molecule has 3 aromatic carbocycles. The second kappa shape index (κ2) is 15.4. The van der Waals surface area contributed by atoms with Crippen LogP contribution in [-0.2, 0) is 16.1 Å². The van der Waals surface area contributed by atoms with Gasteiger partial charge in [-0.2, -0.15) is 10.2 Å². The molecule has 4 N–H and O–H groups in total. The van der Waals surface area contributed by atoms with E-state index in [0.29, 0.717) is 66.4 Å². The standard InChI is InChI=1S/C38H44ClN9O3/c1-38(2,24-48-17-8-15-40-48)37(51)47-18-14-28(23-47)43-36(50)26-19-25(20-29(21-26)42-34(49)11-7-16-46(3)4)35-30-13-12-27(22-33(30)44-45-35)41-32-10-6-5-9-31(32)39/h5-6,8-10,12-13,15,17,19-22,28,41H,7,11,14,16,18,23-24H2,1-4H3,(H,42,49)(H,43,50)(H,44,45). The SMILES string of the molecule is CN(C)CCCC(=O)Nc1cc(C(=O)NC2CCN(C(=O)C(C)(C)Cn3cccn3)C2)cc(-c2n[nH]c3cc(Nc4ccccc4Cl)ccc23)c1. The Kier molecular flexibility index (Phi) is 10.7. The molecule has 1 unspecified atom stereocenters. The Morgan fingerprint density at radius 1 is 1.04 bits per heavy atom. The lowest BCUT2D eigenvalue weighted by molar-refractivity contribution is -0.140. The summed E-state index contributed by atoms with van der Waals surface area (Å²) in [5, 5.41) is 22.9. The molecule has 1 fully saturated rings. The quantitative estimate of drug-likeness (QED) is 0.115. The van der Waals surface area contributed by atoms with Crippen LogP contribution in [0.1, 0.15) is 43.5 Å². The van der Waals surface area contributed by atoms with E-state index in [9.17, 15) is 14.4 Å². The molecule has 1 aliphatic heterocycles. The summed E-state index contributed by atoms with van der Waals surface area (Å²) >= 11 is 6.36. The normalized spacial score (nSPS) is 14.6. The minimum Gasteiger partial charge on any atom is -0.354 e. The van der Waals surface area contributed by atoms with E-state index in [1.807, 2.05) is 98.5 Å². The zero-order valence-corrected chi connectivity index (χ0v) is 30.1. The molecule has 0 aliphatic carbocycles. The van der Waals surface area contributed by atoms with E-state index in [1.54, 1.807) is 23.0 Å². The van der Waals surface area contributed by atoms with Gasteiger partial charge in [0.2, 0.25) is 11.8 Å². The second-order valence-electron chi connectivity index (χ2n) is 14.0. The molecule has 266 valence electrons. The number of fused-ring (bicyclic) bond motifs is 1. The fourth-order valence-corrected chi connectivity index (χ4v) is 6.59. The van der Waals surface area contributed by atoms with Gasteiger partial charge in [-0.1, -0.05) is 23.7 Å². The van der Waals surface area contributed by atoms with Crippen molar-refractivity contribution in [3.8, 4) is 11.3 Å². The molecule has 12 nitrogen and oxygen atoms in total. The lowest BCUT2D eigenvalue weighted by atomic mass is 9.91. The number of nitrogens with zero attached hydrogens (tertiary/aromatic N) is 5. The summed E-state index contributed by atoms with van der Waals surface area (Å²) in [6.45, 7) is 6.04. The fourth-order valence-electron chi connectivity index (χ4n) is 6.41. The van der Waals surface area contributed by atoms with Crippen molar-refractivity contribution in [3.05, 3.63) is 89.7 Å². The first-order valence-corrected chi connectivity index (χ1v) is 17.5. The predicted octanol–water partition coefficient (Wildman–Crippen LogP) is 6.16. The van der Waals surface area contributed by atoms with Crippen LogP contribution in [0.25, 0.3) is 22.2 Å². The molecule has 0 saturated carbocycles. The topological polar surface area (TPSA) is 140 Å².